The quantitative estimate of drug-likeness (QED) is 0.919. The van der Waals surface area contributed by atoms with Gasteiger partial charge in [-0.2, -0.15) is 0 Å². The second-order valence-corrected chi connectivity index (χ2v) is 5.65. The summed E-state index contributed by atoms with van der Waals surface area (Å²) < 4.78 is 8.19. The predicted octanol–water partition coefficient (Wildman–Crippen LogP) is 1.69. The van der Waals surface area contributed by atoms with Crippen LogP contribution in [0.1, 0.15) is 5.56 Å². The lowest BCUT2D eigenvalue weighted by Gasteiger charge is -2.30. The SMILES string of the molecule is CNCc1ccc2ccn(CC3CN(C)CCO3)c2c1. The maximum atomic E-state index is 5.87. The summed E-state index contributed by atoms with van der Waals surface area (Å²) in [6, 6.07) is 8.85. The molecule has 0 aliphatic carbocycles. The van der Waals surface area contributed by atoms with Crippen molar-refractivity contribution >= 4 is 10.9 Å². The number of rotatable bonds is 4. The van der Waals surface area contributed by atoms with E-state index in [2.05, 4.69) is 52.3 Å². The van der Waals surface area contributed by atoms with Crippen LogP contribution in [0.2, 0.25) is 0 Å². The molecule has 4 nitrogen and oxygen atoms in total. The van der Waals surface area contributed by atoms with Gasteiger partial charge in [-0.15, -0.1) is 0 Å². The van der Waals surface area contributed by atoms with Crippen molar-refractivity contribution in [2.24, 2.45) is 0 Å². The highest BCUT2D eigenvalue weighted by molar-refractivity contribution is 5.80. The highest BCUT2D eigenvalue weighted by atomic mass is 16.5. The molecular weight excluding hydrogens is 250 g/mol. The van der Waals surface area contributed by atoms with Gasteiger partial charge in [0.1, 0.15) is 0 Å². The molecule has 1 saturated heterocycles. The zero-order valence-electron chi connectivity index (χ0n) is 12.3. The summed E-state index contributed by atoms with van der Waals surface area (Å²) in [5.74, 6) is 0. The van der Waals surface area contributed by atoms with Crippen LogP contribution in [0.5, 0.6) is 0 Å². The maximum absolute atomic E-state index is 5.87. The van der Waals surface area contributed by atoms with E-state index in [4.69, 9.17) is 4.74 Å². The van der Waals surface area contributed by atoms with Crippen molar-refractivity contribution in [3.05, 3.63) is 36.0 Å². The lowest BCUT2D eigenvalue weighted by atomic mass is 10.1. The van der Waals surface area contributed by atoms with Gasteiger partial charge in [0.2, 0.25) is 0 Å². The number of benzene rings is 1. The predicted molar refractivity (Wildman–Crippen MR) is 81.9 cm³/mol. The van der Waals surface area contributed by atoms with Gasteiger partial charge >= 0.3 is 0 Å². The monoisotopic (exact) mass is 273 g/mol. The molecule has 108 valence electrons. The summed E-state index contributed by atoms with van der Waals surface area (Å²) in [6.45, 7) is 4.72. The van der Waals surface area contributed by atoms with Crippen LogP contribution < -0.4 is 5.32 Å². The fraction of sp³-hybridized carbons (Fsp3) is 0.500. The van der Waals surface area contributed by atoms with Crippen molar-refractivity contribution in [1.29, 1.82) is 0 Å². The third-order valence-corrected chi connectivity index (χ3v) is 3.96. The summed E-state index contributed by atoms with van der Waals surface area (Å²) in [5, 5.41) is 4.51. The van der Waals surface area contributed by atoms with Gasteiger partial charge in [-0.05, 0) is 37.2 Å². The summed E-state index contributed by atoms with van der Waals surface area (Å²) in [7, 11) is 4.14. The van der Waals surface area contributed by atoms with Crippen LogP contribution in [0, 0.1) is 0 Å². The Hall–Kier alpha value is -1.36. The zero-order chi connectivity index (χ0) is 13.9. The molecule has 2 aromatic rings. The fourth-order valence-corrected chi connectivity index (χ4v) is 2.90. The lowest BCUT2D eigenvalue weighted by molar-refractivity contribution is -0.0269. The first kappa shape index (κ1) is 13.6. The van der Waals surface area contributed by atoms with E-state index in [1.807, 2.05) is 7.05 Å². The molecule has 0 spiro atoms. The van der Waals surface area contributed by atoms with Crippen molar-refractivity contribution in [1.82, 2.24) is 14.8 Å². The van der Waals surface area contributed by atoms with Gasteiger partial charge in [0.15, 0.2) is 0 Å². The van der Waals surface area contributed by atoms with Crippen LogP contribution >= 0.6 is 0 Å². The zero-order valence-corrected chi connectivity index (χ0v) is 12.3. The smallest absolute Gasteiger partial charge is 0.0881 e. The molecule has 1 aromatic heterocycles. The number of hydrogen-bond donors (Lipinski definition) is 1. The standard InChI is InChI=1S/C16H23N3O/c1-17-10-13-3-4-14-5-6-19(16(14)9-13)12-15-11-18(2)7-8-20-15/h3-6,9,15,17H,7-8,10-12H2,1-2H3. The van der Waals surface area contributed by atoms with Crippen molar-refractivity contribution in [3.63, 3.8) is 0 Å². The Kier molecular flexibility index (Phi) is 4.05. The second-order valence-electron chi connectivity index (χ2n) is 5.65. The van der Waals surface area contributed by atoms with E-state index < -0.39 is 0 Å². The third kappa shape index (κ3) is 2.87. The van der Waals surface area contributed by atoms with E-state index in [0.29, 0.717) is 0 Å². The van der Waals surface area contributed by atoms with Gasteiger partial charge in [-0.3, -0.25) is 0 Å². The Morgan fingerprint density at radius 3 is 3.05 bits per heavy atom. The number of likely N-dealkylation sites (N-methyl/N-ethyl adjacent to an activating group) is 1. The third-order valence-electron chi connectivity index (χ3n) is 3.96. The molecule has 20 heavy (non-hydrogen) atoms. The van der Waals surface area contributed by atoms with Gasteiger partial charge in [0, 0.05) is 31.3 Å². The van der Waals surface area contributed by atoms with Crippen molar-refractivity contribution in [2.75, 3.05) is 33.8 Å². The summed E-state index contributed by atoms with van der Waals surface area (Å²) in [4.78, 5) is 2.34. The number of ether oxygens (including phenoxy) is 1. The highest BCUT2D eigenvalue weighted by Crippen LogP contribution is 2.19. The summed E-state index contributed by atoms with van der Waals surface area (Å²) in [5.41, 5.74) is 2.62. The van der Waals surface area contributed by atoms with Crippen LogP contribution in [-0.4, -0.2) is 49.4 Å². The van der Waals surface area contributed by atoms with E-state index in [0.717, 1.165) is 32.8 Å². The fourth-order valence-electron chi connectivity index (χ4n) is 2.90. The Labute approximate surface area is 120 Å². The lowest BCUT2D eigenvalue weighted by Crippen LogP contribution is -2.41. The largest absolute Gasteiger partial charge is 0.374 e. The van der Waals surface area contributed by atoms with Crippen molar-refractivity contribution in [2.45, 2.75) is 19.2 Å². The molecule has 1 aliphatic heterocycles. The molecule has 1 atom stereocenters. The van der Waals surface area contributed by atoms with Crippen LogP contribution in [0.15, 0.2) is 30.5 Å². The van der Waals surface area contributed by atoms with Gasteiger partial charge in [0.25, 0.3) is 0 Å². The topological polar surface area (TPSA) is 29.4 Å². The maximum Gasteiger partial charge on any atom is 0.0881 e. The van der Waals surface area contributed by atoms with Gasteiger partial charge < -0.3 is 19.5 Å². The molecule has 0 saturated carbocycles. The van der Waals surface area contributed by atoms with Crippen LogP contribution in [0.25, 0.3) is 10.9 Å². The van der Waals surface area contributed by atoms with E-state index >= 15 is 0 Å². The van der Waals surface area contributed by atoms with Crippen LogP contribution in [-0.2, 0) is 17.8 Å². The number of fused-ring (bicyclic) bond motifs is 1. The molecule has 1 aromatic carbocycles. The number of hydrogen-bond acceptors (Lipinski definition) is 3. The van der Waals surface area contributed by atoms with E-state index in [1.54, 1.807) is 0 Å². The van der Waals surface area contributed by atoms with E-state index in [-0.39, 0.29) is 6.10 Å². The van der Waals surface area contributed by atoms with Crippen molar-refractivity contribution in [3.8, 4) is 0 Å². The van der Waals surface area contributed by atoms with E-state index in [1.165, 1.54) is 16.5 Å². The first-order chi connectivity index (χ1) is 9.76. The molecule has 0 amide bonds. The summed E-state index contributed by atoms with van der Waals surface area (Å²) >= 11 is 0. The van der Waals surface area contributed by atoms with E-state index in [9.17, 15) is 0 Å². The molecule has 4 heteroatoms. The minimum atomic E-state index is 0.289. The van der Waals surface area contributed by atoms with Gasteiger partial charge in [0.05, 0.1) is 19.3 Å². The molecule has 0 bridgehead atoms. The van der Waals surface area contributed by atoms with Crippen LogP contribution in [0.4, 0.5) is 0 Å². The molecule has 1 N–H and O–H groups in total. The van der Waals surface area contributed by atoms with Crippen molar-refractivity contribution < 1.29 is 4.74 Å². The van der Waals surface area contributed by atoms with Crippen LogP contribution in [0.3, 0.4) is 0 Å². The Balaban J connectivity index is 1.81. The highest BCUT2D eigenvalue weighted by Gasteiger charge is 2.18. The first-order valence-electron chi connectivity index (χ1n) is 7.29. The Morgan fingerprint density at radius 1 is 1.35 bits per heavy atom. The number of aromatic nitrogens is 1. The Morgan fingerprint density at radius 2 is 2.25 bits per heavy atom. The summed E-state index contributed by atoms with van der Waals surface area (Å²) in [6.07, 6.45) is 2.46. The molecule has 1 fully saturated rings. The normalized spacial score (nSPS) is 20.6. The minimum Gasteiger partial charge on any atom is -0.374 e. The number of morpholine rings is 1. The molecule has 1 unspecified atom stereocenters. The van der Waals surface area contributed by atoms with Gasteiger partial charge in [-0.25, -0.2) is 0 Å². The molecule has 1 aliphatic rings. The Bertz CT molecular complexity index is 578. The molecular formula is C16H23N3O. The average Bonchev–Trinajstić information content (AvgIpc) is 2.82. The molecule has 2 heterocycles. The first-order valence-corrected chi connectivity index (χ1v) is 7.29. The number of nitrogens with zero attached hydrogens (tertiary/aromatic N) is 2. The minimum absolute atomic E-state index is 0.289. The average molecular weight is 273 g/mol. The molecule has 0 radical (unpaired) electrons. The van der Waals surface area contributed by atoms with Gasteiger partial charge in [-0.1, -0.05) is 12.1 Å². The number of nitrogens with one attached hydrogen (secondary N) is 1. The second kappa shape index (κ2) is 5.95. The molecule has 3 rings (SSSR count).